The number of phosphoric ester groups is 1. The van der Waals surface area contributed by atoms with Crippen LogP contribution in [0.1, 0.15) is 206 Å². The van der Waals surface area contributed by atoms with Gasteiger partial charge in [-0.05, 0) is 70.6 Å². The molecule has 0 amide bonds. The maximum absolute atomic E-state index is 12.7. The van der Waals surface area contributed by atoms with Crippen LogP contribution in [0.2, 0.25) is 0 Å². The van der Waals surface area contributed by atoms with E-state index in [1.165, 1.54) is 103 Å². The maximum atomic E-state index is 12.7. The number of nitrogens with zero attached hydrogens (tertiary/aromatic N) is 1. The molecular weight excluding hydrogens is 750 g/mol. The van der Waals surface area contributed by atoms with Crippen LogP contribution in [0.5, 0.6) is 0 Å². The number of hydrogen-bond acceptors (Lipinski definition) is 8. The first-order valence-electron chi connectivity index (χ1n) is 23.7. The molecule has 0 saturated heterocycles. The molecule has 0 aromatic rings. The lowest BCUT2D eigenvalue weighted by Gasteiger charge is -2.28. The van der Waals surface area contributed by atoms with Gasteiger partial charge < -0.3 is 27.9 Å². The molecular formula is C48H90NO8P. The van der Waals surface area contributed by atoms with Crippen LogP contribution in [0.15, 0.2) is 36.5 Å². The average Bonchev–Trinajstić information content (AvgIpc) is 3.17. The van der Waals surface area contributed by atoms with Gasteiger partial charge in [0, 0.05) is 12.8 Å². The van der Waals surface area contributed by atoms with Crippen molar-refractivity contribution in [2.24, 2.45) is 0 Å². The predicted molar refractivity (Wildman–Crippen MR) is 241 cm³/mol. The van der Waals surface area contributed by atoms with Crippen molar-refractivity contribution in [3.8, 4) is 0 Å². The summed E-state index contributed by atoms with van der Waals surface area (Å²) in [5.41, 5.74) is 0. The van der Waals surface area contributed by atoms with Crippen molar-refractivity contribution in [3.63, 3.8) is 0 Å². The molecule has 1 unspecified atom stereocenters. The van der Waals surface area contributed by atoms with Gasteiger partial charge in [-0.15, -0.1) is 0 Å². The maximum Gasteiger partial charge on any atom is 0.306 e. The van der Waals surface area contributed by atoms with Crippen molar-refractivity contribution in [2.75, 3.05) is 47.5 Å². The second-order valence-electron chi connectivity index (χ2n) is 17.1. The minimum Gasteiger partial charge on any atom is -0.756 e. The Morgan fingerprint density at radius 2 is 0.931 bits per heavy atom. The fourth-order valence-corrected chi connectivity index (χ4v) is 7.11. The van der Waals surface area contributed by atoms with Gasteiger partial charge in [-0.1, -0.05) is 159 Å². The highest BCUT2D eigenvalue weighted by Crippen LogP contribution is 2.38. The molecule has 0 aliphatic rings. The second kappa shape index (κ2) is 40.6. The molecule has 0 aliphatic heterocycles. The number of carbonyl (C=O) groups is 2. The number of hydrogen-bond donors (Lipinski definition) is 0. The van der Waals surface area contributed by atoms with Gasteiger partial charge in [0.2, 0.25) is 0 Å². The number of carbonyl (C=O) groups excluding carboxylic acids is 2. The lowest BCUT2D eigenvalue weighted by Crippen LogP contribution is -2.37. The molecule has 0 aromatic heterocycles. The van der Waals surface area contributed by atoms with E-state index in [0.717, 1.165) is 70.6 Å². The van der Waals surface area contributed by atoms with E-state index >= 15 is 0 Å². The van der Waals surface area contributed by atoms with E-state index < -0.39 is 32.5 Å². The van der Waals surface area contributed by atoms with E-state index in [2.05, 4.69) is 50.3 Å². The first-order chi connectivity index (χ1) is 28.0. The molecule has 340 valence electrons. The molecule has 2 atom stereocenters. The third-order valence-electron chi connectivity index (χ3n) is 10.1. The van der Waals surface area contributed by atoms with E-state index in [9.17, 15) is 19.0 Å². The minimum atomic E-state index is -4.63. The van der Waals surface area contributed by atoms with Crippen molar-refractivity contribution in [3.05, 3.63) is 36.5 Å². The molecule has 0 spiro atoms. The molecule has 9 nitrogen and oxygen atoms in total. The van der Waals surface area contributed by atoms with Gasteiger partial charge in [0.1, 0.15) is 19.8 Å². The molecule has 0 heterocycles. The van der Waals surface area contributed by atoms with Gasteiger partial charge in [0.15, 0.2) is 6.10 Å². The Balaban J connectivity index is 4.32. The normalized spacial score (nSPS) is 13.8. The molecule has 0 aliphatic carbocycles. The quantitative estimate of drug-likeness (QED) is 0.0196. The molecule has 0 bridgehead atoms. The Labute approximate surface area is 357 Å². The minimum absolute atomic E-state index is 0.0329. The second-order valence-corrected chi connectivity index (χ2v) is 18.5. The lowest BCUT2D eigenvalue weighted by atomic mass is 10.1. The molecule has 10 heteroatoms. The van der Waals surface area contributed by atoms with E-state index in [1.807, 2.05) is 21.1 Å². The van der Waals surface area contributed by atoms with Gasteiger partial charge >= 0.3 is 11.9 Å². The fraction of sp³-hybridized carbons (Fsp3) is 0.833. The Morgan fingerprint density at radius 3 is 1.41 bits per heavy atom. The topological polar surface area (TPSA) is 111 Å². The summed E-state index contributed by atoms with van der Waals surface area (Å²) < 4.78 is 34.0. The Kier molecular flexibility index (Phi) is 39.4. The number of ether oxygens (including phenoxy) is 2. The van der Waals surface area contributed by atoms with E-state index in [4.69, 9.17) is 18.5 Å². The smallest absolute Gasteiger partial charge is 0.306 e. The first kappa shape index (κ1) is 56.2. The zero-order chi connectivity index (χ0) is 42.8. The highest BCUT2D eigenvalue weighted by atomic mass is 31.2. The summed E-state index contributed by atoms with van der Waals surface area (Å²) in [5.74, 6) is -0.845. The average molecular weight is 840 g/mol. The van der Waals surface area contributed by atoms with Crippen molar-refractivity contribution >= 4 is 19.8 Å². The van der Waals surface area contributed by atoms with Crippen LogP contribution in [-0.2, 0) is 32.7 Å². The summed E-state index contributed by atoms with van der Waals surface area (Å²) in [4.78, 5) is 37.6. The number of unbranched alkanes of at least 4 members (excludes halogenated alkanes) is 23. The van der Waals surface area contributed by atoms with Gasteiger partial charge in [-0.25, -0.2) is 0 Å². The van der Waals surface area contributed by atoms with Gasteiger partial charge in [-0.2, -0.15) is 0 Å². The number of esters is 2. The number of quaternary nitrogens is 1. The summed E-state index contributed by atoms with van der Waals surface area (Å²) in [5, 5.41) is 0. The predicted octanol–water partition coefficient (Wildman–Crippen LogP) is 13.1. The number of likely N-dealkylation sites (N-methyl/N-ethyl adjacent to an activating group) is 1. The zero-order valence-corrected chi connectivity index (χ0v) is 39.1. The first-order valence-corrected chi connectivity index (χ1v) is 25.2. The van der Waals surface area contributed by atoms with E-state index in [1.54, 1.807) is 0 Å². The molecule has 58 heavy (non-hydrogen) atoms. The van der Waals surface area contributed by atoms with E-state index in [-0.39, 0.29) is 26.1 Å². The van der Waals surface area contributed by atoms with Crippen LogP contribution < -0.4 is 4.89 Å². The molecule has 0 saturated carbocycles. The number of phosphoric acid groups is 1. The van der Waals surface area contributed by atoms with Crippen molar-refractivity contribution in [1.82, 2.24) is 0 Å². The molecule has 0 N–H and O–H groups in total. The summed E-state index contributed by atoms with van der Waals surface area (Å²) in [6.45, 7) is 4.20. The molecule has 0 rings (SSSR count). The van der Waals surface area contributed by atoms with Crippen LogP contribution in [0.4, 0.5) is 0 Å². The highest BCUT2D eigenvalue weighted by molar-refractivity contribution is 7.45. The summed E-state index contributed by atoms with van der Waals surface area (Å²) in [7, 11) is 1.16. The number of rotatable bonds is 43. The Bertz CT molecular complexity index is 1090. The fourth-order valence-electron chi connectivity index (χ4n) is 6.39. The van der Waals surface area contributed by atoms with Crippen LogP contribution >= 0.6 is 7.82 Å². The van der Waals surface area contributed by atoms with Gasteiger partial charge in [-0.3, -0.25) is 14.2 Å². The van der Waals surface area contributed by atoms with Crippen molar-refractivity contribution in [1.29, 1.82) is 0 Å². The van der Waals surface area contributed by atoms with Crippen LogP contribution in [0, 0.1) is 0 Å². The monoisotopic (exact) mass is 840 g/mol. The summed E-state index contributed by atoms with van der Waals surface area (Å²) >= 11 is 0. The molecule has 0 aromatic carbocycles. The third kappa shape index (κ3) is 43.8. The summed E-state index contributed by atoms with van der Waals surface area (Å²) in [6.07, 6.45) is 45.9. The Morgan fingerprint density at radius 1 is 0.534 bits per heavy atom. The third-order valence-corrected chi connectivity index (χ3v) is 11.1. The van der Waals surface area contributed by atoms with Crippen molar-refractivity contribution < 1.29 is 42.1 Å². The van der Waals surface area contributed by atoms with Crippen LogP contribution in [0.3, 0.4) is 0 Å². The van der Waals surface area contributed by atoms with Crippen LogP contribution in [0.25, 0.3) is 0 Å². The van der Waals surface area contributed by atoms with E-state index in [0.29, 0.717) is 17.4 Å². The molecule has 0 fully saturated rings. The van der Waals surface area contributed by atoms with Crippen molar-refractivity contribution in [2.45, 2.75) is 213 Å². The lowest BCUT2D eigenvalue weighted by molar-refractivity contribution is -0.870. The van der Waals surface area contributed by atoms with Crippen LogP contribution in [-0.4, -0.2) is 70.0 Å². The van der Waals surface area contributed by atoms with Gasteiger partial charge in [0.25, 0.3) is 7.82 Å². The standard InChI is InChI=1S/C48H90NO8P/c1-6-8-10-12-14-16-18-20-22-23-24-25-27-29-31-33-35-37-39-41-48(51)57-46(45-56-58(52,53)55-43-42-49(3,4)5)44-54-47(50)40-38-36-34-32-30-28-26-21-19-17-15-13-11-9-7-2/h14,16,20-22,26,46H,6-13,15,17-19,23-25,27-45H2,1-5H3/b16-14-,22-20-,26-21-/t46-/m1/s1. The number of allylic oxidation sites excluding steroid dienone is 6. The SMILES string of the molecule is CCCCC/C=C\C/C=C\CCCCCCCCCCCC(=O)O[C@H](COC(=O)CCCCCCC/C=C\CCCCCCCC)COP(=O)([O-])OCC[N+](C)(C)C. The molecule has 0 radical (unpaired) electrons. The highest BCUT2D eigenvalue weighted by Gasteiger charge is 2.21. The zero-order valence-electron chi connectivity index (χ0n) is 38.2. The van der Waals surface area contributed by atoms with Gasteiger partial charge in [0.05, 0.1) is 27.7 Å². The Hall–Kier alpha value is -1.77. The largest absolute Gasteiger partial charge is 0.756 e. The summed E-state index contributed by atoms with van der Waals surface area (Å²) in [6, 6.07) is 0.